The predicted octanol–water partition coefficient (Wildman–Crippen LogP) is 4.94. The summed E-state index contributed by atoms with van der Waals surface area (Å²) < 4.78 is 12.0. The standard InChI is InChI=1S/C21H21IN2O3/c1-13(2)27-20-17(22)10-15(11-19(20)26-4)9-16(12-23)21(25)24-18-8-6-5-7-14(18)3/h5-11,13H,1-4H3,(H,24,25)/b16-9+. The Morgan fingerprint density at radius 2 is 2.00 bits per heavy atom. The van der Waals surface area contributed by atoms with Gasteiger partial charge < -0.3 is 14.8 Å². The topological polar surface area (TPSA) is 71.3 Å². The summed E-state index contributed by atoms with van der Waals surface area (Å²) in [7, 11) is 1.56. The lowest BCUT2D eigenvalue weighted by atomic mass is 10.1. The molecule has 0 saturated heterocycles. The second-order valence-electron chi connectivity index (χ2n) is 6.14. The van der Waals surface area contributed by atoms with Gasteiger partial charge in [0.2, 0.25) is 0 Å². The van der Waals surface area contributed by atoms with E-state index in [1.165, 1.54) is 6.08 Å². The number of carbonyl (C=O) groups is 1. The zero-order chi connectivity index (χ0) is 20.0. The fourth-order valence-corrected chi connectivity index (χ4v) is 3.14. The van der Waals surface area contributed by atoms with Gasteiger partial charge >= 0.3 is 0 Å². The van der Waals surface area contributed by atoms with Crippen molar-refractivity contribution < 1.29 is 14.3 Å². The Labute approximate surface area is 173 Å². The largest absolute Gasteiger partial charge is 0.493 e. The number of aryl methyl sites for hydroxylation is 1. The SMILES string of the molecule is COc1cc(/C=C(\C#N)C(=O)Nc2ccccc2C)cc(I)c1OC(C)C. The highest BCUT2D eigenvalue weighted by molar-refractivity contribution is 14.1. The van der Waals surface area contributed by atoms with Crippen molar-refractivity contribution in [2.45, 2.75) is 26.9 Å². The molecule has 0 unspecified atom stereocenters. The van der Waals surface area contributed by atoms with Crippen LogP contribution in [0, 0.1) is 21.8 Å². The third-order valence-corrected chi connectivity index (χ3v) is 4.48. The Morgan fingerprint density at radius 1 is 1.30 bits per heavy atom. The summed E-state index contributed by atoms with van der Waals surface area (Å²) in [6.45, 7) is 5.77. The summed E-state index contributed by atoms with van der Waals surface area (Å²) in [6.07, 6.45) is 1.54. The maximum Gasteiger partial charge on any atom is 0.266 e. The number of para-hydroxylation sites is 1. The van der Waals surface area contributed by atoms with Gasteiger partial charge in [0.05, 0.1) is 16.8 Å². The molecule has 2 aromatic rings. The lowest BCUT2D eigenvalue weighted by molar-refractivity contribution is -0.112. The van der Waals surface area contributed by atoms with E-state index in [1.807, 2.05) is 51.1 Å². The van der Waals surface area contributed by atoms with Gasteiger partial charge in [-0.25, -0.2) is 0 Å². The first-order valence-electron chi connectivity index (χ1n) is 8.38. The van der Waals surface area contributed by atoms with Gasteiger partial charge in [0, 0.05) is 5.69 Å². The smallest absolute Gasteiger partial charge is 0.266 e. The number of methoxy groups -OCH3 is 1. The number of benzene rings is 2. The minimum Gasteiger partial charge on any atom is -0.493 e. The van der Waals surface area contributed by atoms with Crippen molar-refractivity contribution in [2.75, 3.05) is 12.4 Å². The van der Waals surface area contributed by atoms with Gasteiger partial charge in [0.1, 0.15) is 11.6 Å². The van der Waals surface area contributed by atoms with E-state index in [4.69, 9.17) is 9.47 Å². The monoisotopic (exact) mass is 476 g/mol. The highest BCUT2D eigenvalue weighted by Gasteiger charge is 2.15. The predicted molar refractivity (Wildman–Crippen MR) is 115 cm³/mol. The lowest BCUT2D eigenvalue weighted by Crippen LogP contribution is -2.14. The van der Waals surface area contributed by atoms with Crippen molar-refractivity contribution in [3.8, 4) is 17.6 Å². The third kappa shape index (κ3) is 5.47. The summed E-state index contributed by atoms with van der Waals surface area (Å²) in [5.41, 5.74) is 2.29. The fraction of sp³-hybridized carbons (Fsp3) is 0.238. The fourth-order valence-electron chi connectivity index (χ4n) is 2.39. The van der Waals surface area contributed by atoms with Crippen molar-refractivity contribution >= 4 is 40.3 Å². The number of rotatable bonds is 6. The summed E-state index contributed by atoms with van der Waals surface area (Å²) >= 11 is 2.15. The average Bonchev–Trinajstić information content (AvgIpc) is 2.63. The number of hydrogen-bond acceptors (Lipinski definition) is 4. The van der Waals surface area contributed by atoms with E-state index in [9.17, 15) is 10.1 Å². The highest BCUT2D eigenvalue weighted by Crippen LogP contribution is 2.35. The molecule has 2 rings (SSSR count). The quantitative estimate of drug-likeness (QED) is 0.364. The van der Waals surface area contributed by atoms with Crippen molar-refractivity contribution in [3.63, 3.8) is 0 Å². The molecule has 0 spiro atoms. The molecule has 0 fully saturated rings. The van der Waals surface area contributed by atoms with Crippen LogP contribution in [0.1, 0.15) is 25.0 Å². The van der Waals surface area contributed by atoms with E-state index in [0.29, 0.717) is 22.7 Å². The van der Waals surface area contributed by atoms with E-state index in [2.05, 4.69) is 27.9 Å². The molecular weight excluding hydrogens is 455 g/mol. The summed E-state index contributed by atoms with van der Waals surface area (Å²) in [4.78, 5) is 12.5. The molecule has 0 aliphatic rings. The van der Waals surface area contributed by atoms with Gasteiger partial charge in [0.15, 0.2) is 11.5 Å². The first-order valence-corrected chi connectivity index (χ1v) is 9.46. The Bertz CT molecular complexity index is 914. The number of anilines is 1. The van der Waals surface area contributed by atoms with Crippen molar-refractivity contribution in [1.29, 1.82) is 5.26 Å². The van der Waals surface area contributed by atoms with Crippen LogP contribution in [-0.2, 0) is 4.79 Å². The first-order chi connectivity index (χ1) is 12.8. The molecule has 0 bridgehead atoms. The van der Waals surface area contributed by atoms with Crippen LogP contribution in [0.15, 0.2) is 42.0 Å². The summed E-state index contributed by atoms with van der Waals surface area (Å²) in [5, 5.41) is 12.2. The zero-order valence-corrected chi connectivity index (χ0v) is 17.8. The number of carbonyl (C=O) groups excluding carboxylic acids is 1. The molecule has 2 aromatic carbocycles. The van der Waals surface area contributed by atoms with Crippen LogP contribution in [0.4, 0.5) is 5.69 Å². The van der Waals surface area contributed by atoms with Crippen LogP contribution in [0.3, 0.4) is 0 Å². The normalized spacial score (nSPS) is 11.1. The number of ether oxygens (including phenoxy) is 2. The van der Waals surface area contributed by atoms with Gasteiger partial charge in [-0.1, -0.05) is 18.2 Å². The maximum absolute atomic E-state index is 12.5. The first kappa shape index (κ1) is 20.8. The number of hydrogen-bond donors (Lipinski definition) is 1. The second kappa shape index (κ2) is 9.42. The number of amides is 1. The van der Waals surface area contributed by atoms with Crippen molar-refractivity contribution in [1.82, 2.24) is 0 Å². The molecule has 0 aromatic heterocycles. The molecule has 0 aliphatic heterocycles. The van der Waals surface area contributed by atoms with Crippen LogP contribution < -0.4 is 14.8 Å². The number of nitriles is 1. The highest BCUT2D eigenvalue weighted by atomic mass is 127. The van der Waals surface area contributed by atoms with Gasteiger partial charge in [-0.05, 0) is 78.8 Å². The van der Waals surface area contributed by atoms with Gasteiger partial charge in [0.25, 0.3) is 5.91 Å². The minimum absolute atomic E-state index is 0.00312. The maximum atomic E-state index is 12.5. The van der Waals surface area contributed by atoms with Gasteiger partial charge in [-0.3, -0.25) is 4.79 Å². The number of halogens is 1. The van der Waals surface area contributed by atoms with E-state index in [0.717, 1.165) is 9.13 Å². The zero-order valence-electron chi connectivity index (χ0n) is 15.7. The number of nitrogens with zero attached hydrogens (tertiary/aromatic N) is 1. The molecule has 1 amide bonds. The molecule has 0 heterocycles. The molecule has 0 radical (unpaired) electrons. The third-order valence-electron chi connectivity index (χ3n) is 3.67. The summed E-state index contributed by atoms with van der Waals surface area (Å²) in [6, 6.07) is 13.0. The molecule has 6 heteroatoms. The average molecular weight is 476 g/mol. The van der Waals surface area contributed by atoms with Gasteiger partial charge in [-0.2, -0.15) is 5.26 Å². The van der Waals surface area contributed by atoms with Crippen LogP contribution in [0.5, 0.6) is 11.5 Å². The molecule has 5 nitrogen and oxygen atoms in total. The Morgan fingerprint density at radius 3 is 2.59 bits per heavy atom. The van der Waals surface area contributed by atoms with Gasteiger partial charge in [-0.15, -0.1) is 0 Å². The molecule has 140 valence electrons. The Balaban J connectivity index is 2.34. The van der Waals surface area contributed by atoms with Crippen LogP contribution in [-0.4, -0.2) is 19.1 Å². The molecule has 1 N–H and O–H groups in total. The van der Waals surface area contributed by atoms with E-state index in [-0.39, 0.29) is 11.7 Å². The minimum atomic E-state index is -0.455. The molecule has 0 aliphatic carbocycles. The van der Waals surface area contributed by atoms with E-state index in [1.54, 1.807) is 19.2 Å². The van der Waals surface area contributed by atoms with Crippen LogP contribution in [0.2, 0.25) is 0 Å². The number of nitrogens with one attached hydrogen (secondary N) is 1. The van der Waals surface area contributed by atoms with Crippen LogP contribution in [0.25, 0.3) is 6.08 Å². The summed E-state index contributed by atoms with van der Waals surface area (Å²) in [5.74, 6) is 0.745. The van der Waals surface area contributed by atoms with E-state index >= 15 is 0 Å². The Hall–Kier alpha value is -2.53. The molecule has 0 atom stereocenters. The van der Waals surface area contributed by atoms with Crippen molar-refractivity contribution in [3.05, 3.63) is 56.7 Å². The molecular formula is C21H21IN2O3. The molecule has 0 saturated carbocycles. The lowest BCUT2D eigenvalue weighted by Gasteiger charge is -2.16. The van der Waals surface area contributed by atoms with Crippen LogP contribution >= 0.6 is 22.6 Å². The second-order valence-corrected chi connectivity index (χ2v) is 7.30. The Kier molecular flexibility index (Phi) is 7.25. The van der Waals surface area contributed by atoms with Crippen molar-refractivity contribution in [2.24, 2.45) is 0 Å². The molecule has 27 heavy (non-hydrogen) atoms. The van der Waals surface area contributed by atoms with E-state index < -0.39 is 5.91 Å².